The van der Waals surface area contributed by atoms with E-state index in [0.717, 1.165) is 61.8 Å². The second kappa shape index (κ2) is 17.3. The summed E-state index contributed by atoms with van der Waals surface area (Å²) in [4.78, 5) is 14.3. The fourth-order valence-electron chi connectivity index (χ4n) is 7.64. The molecule has 4 heterocycles. The predicted molar refractivity (Wildman–Crippen MR) is 241 cm³/mol. The van der Waals surface area contributed by atoms with Gasteiger partial charge in [0.2, 0.25) is 0 Å². The molecule has 61 heavy (non-hydrogen) atoms. The second-order valence-corrected chi connectivity index (χ2v) is 16.9. The van der Waals surface area contributed by atoms with E-state index < -0.39 is 12.7 Å². The third kappa shape index (κ3) is 8.44. The Bertz CT molecular complexity index is 3120. The van der Waals surface area contributed by atoms with Crippen LogP contribution in [0.1, 0.15) is 92.2 Å². The van der Waals surface area contributed by atoms with Crippen molar-refractivity contribution in [3.8, 4) is 39.5 Å². The average molecular weight is 990 g/mol. The molecule has 0 fully saturated rings. The van der Waals surface area contributed by atoms with Gasteiger partial charge < -0.3 is 14.0 Å². The fourth-order valence-corrected chi connectivity index (χ4v) is 7.64. The maximum atomic E-state index is 14.6. The minimum atomic E-state index is -2.33. The van der Waals surface area contributed by atoms with E-state index in [1.54, 1.807) is 24.4 Å². The number of imidazole rings is 1. The molecule has 0 bridgehead atoms. The first-order chi connectivity index (χ1) is 29.9. The van der Waals surface area contributed by atoms with Gasteiger partial charge in [-0.15, -0.1) is 42.0 Å². The van der Waals surface area contributed by atoms with Crippen LogP contribution >= 0.6 is 0 Å². The molecule has 5 nitrogen and oxygen atoms in total. The van der Waals surface area contributed by atoms with Crippen molar-refractivity contribution in [2.45, 2.75) is 79.5 Å². The molecule has 5 aromatic carbocycles. The molecule has 0 aliphatic carbocycles. The Hall–Kier alpha value is -5.82. The van der Waals surface area contributed by atoms with E-state index in [4.69, 9.17) is 18.5 Å². The third-order valence-electron chi connectivity index (χ3n) is 10.8. The van der Waals surface area contributed by atoms with E-state index >= 15 is 0 Å². The number of para-hydroxylation sites is 1. The summed E-state index contributed by atoms with van der Waals surface area (Å²) in [6.45, 7) is 14.8. The number of hydrogen-bond acceptors (Lipinski definition) is 4. The Morgan fingerprint density at radius 2 is 1.51 bits per heavy atom. The Labute approximate surface area is 374 Å². The van der Waals surface area contributed by atoms with Crippen LogP contribution in [0.15, 0.2) is 120 Å². The second-order valence-electron chi connectivity index (χ2n) is 16.9. The molecule has 0 unspecified atom stereocenters. The number of aryl methyl sites for hydroxylation is 2. The molecule has 9 rings (SSSR count). The summed E-state index contributed by atoms with van der Waals surface area (Å²) in [6, 6.07) is 37.3. The van der Waals surface area contributed by atoms with Crippen LogP contribution in [0.4, 0.5) is 8.78 Å². The molecule has 0 N–H and O–H groups in total. The number of hydrogen-bond donors (Lipinski definition) is 0. The molecular formula is C53H48F2IrN4O-2. The first-order valence-corrected chi connectivity index (χ1v) is 20.2. The van der Waals surface area contributed by atoms with Crippen LogP contribution in [-0.4, -0.2) is 19.5 Å². The van der Waals surface area contributed by atoms with Gasteiger partial charge in [0.25, 0.3) is 0 Å². The zero-order valence-corrected chi connectivity index (χ0v) is 37.8. The van der Waals surface area contributed by atoms with Crippen molar-refractivity contribution in [1.29, 1.82) is 0 Å². The van der Waals surface area contributed by atoms with Crippen LogP contribution in [0.25, 0.3) is 72.6 Å². The van der Waals surface area contributed by atoms with Crippen molar-refractivity contribution in [1.82, 2.24) is 19.5 Å². The van der Waals surface area contributed by atoms with Gasteiger partial charge in [-0.05, 0) is 75.9 Å². The van der Waals surface area contributed by atoms with E-state index in [9.17, 15) is 8.78 Å². The number of nitrogens with zero attached hydrogens (tertiary/aromatic N) is 4. The van der Waals surface area contributed by atoms with E-state index in [1.807, 2.05) is 55.6 Å². The van der Waals surface area contributed by atoms with Gasteiger partial charge in [0.15, 0.2) is 5.65 Å². The van der Waals surface area contributed by atoms with Crippen molar-refractivity contribution in [3.63, 3.8) is 0 Å². The summed E-state index contributed by atoms with van der Waals surface area (Å²) in [7, 11) is 0. The summed E-state index contributed by atoms with van der Waals surface area (Å²) in [5.41, 5.74) is 11.3. The van der Waals surface area contributed by atoms with E-state index in [1.165, 1.54) is 23.3 Å². The van der Waals surface area contributed by atoms with E-state index in [-0.39, 0.29) is 54.3 Å². The number of halogens is 2. The molecule has 8 heteroatoms. The molecule has 0 aliphatic heterocycles. The van der Waals surface area contributed by atoms with Gasteiger partial charge in [0.1, 0.15) is 11.4 Å². The summed E-state index contributed by atoms with van der Waals surface area (Å²) < 4.78 is 59.3. The van der Waals surface area contributed by atoms with E-state index in [0.29, 0.717) is 22.4 Å². The first kappa shape index (κ1) is 39.3. The van der Waals surface area contributed by atoms with Gasteiger partial charge in [0, 0.05) is 59.1 Å². The molecule has 0 amide bonds. The van der Waals surface area contributed by atoms with Gasteiger partial charge in [-0.25, -0.2) is 9.37 Å². The molecule has 0 aliphatic rings. The van der Waals surface area contributed by atoms with Gasteiger partial charge in [0.05, 0.1) is 16.9 Å². The average Bonchev–Trinajstić information content (AvgIpc) is 3.81. The standard InChI is InChI=1S/C37H31FN3O.C16H17FN.Ir/c1-21(2)25-11-8-12-26(22(3)4)34(25)41-36(40-32-18-23(5)20-39-37(32)41)30-14-9-13-29-28-17-16-24(19-33(28)42-35(29)30)27-10-6-7-15-31(27)38;1-11-5-7-13(14(17)9-11)15-8-6-12(10-18-15)16(2,3)4;/h6-13,15-22H,1-5H3;5-6,8-10H,1-4H3;/q2*-1;/i;1D3;. The first-order valence-electron chi connectivity index (χ1n) is 21.7. The van der Waals surface area contributed by atoms with Crippen LogP contribution in [0.2, 0.25) is 0 Å². The van der Waals surface area contributed by atoms with E-state index in [2.05, 4.69) is 94.4 Å². The molecule has 9 aromatic rings. The maximum absolute atomic E-state index is 14.6. The smallest absolute Gasteiger partial charge is 0.155 e. The van der Waals surface area contributed by atoms with Crippen molar-refractivity contribution >= 4 is 33.1 Å². The molecular weight excluding hydrogens is 939 g/mol. The molecule has 4 aromatic heterocycles. The summed E-state index contributed by atoms with van der Waals surface area (Å²) in [5.74, 6) is 0.425. The number of rotatable bonds is 6. The quantitative estimate of drug-likeness (QED) is 0.156. The number of fused-ring (bicyclic) bond motifs is 4. The largest absolute Gasteiger partial charge is 0.501 e. The Kier molecular flexibility index (Phi) is 11.1. The Morgan fingerprint density at radius 3 is 2.16 bits per heavy atom. The van der Waals surface area contributed by atoms with Gasteiger partial charge in [-0.2, -0.15) is 0 Å². The van der Waals surface area contributed by atoms with Gasteiger partial charge in [-0.1, -0.05) is 132 Å². The summed E-state index contributed by atoms with van der Waals surface area (Å²) in [6.07, 6.45) is 3.60. The minimum absolute atomic E-state index is 0. The number of aromatic nitrogens is 4. The zero-order chi connectivity index (χ0) is 45.0. The fraction of sp³-hybridized carbons (Fsp3) is 0.226. The number of benzene rings is 5. The van der Waals surface area contributed by atoms with Crippen molar-refractivity contribution in [3.05, 3.63) is 167 Å². The van der Waals surface area contributed by atoms with Crippen LogP contribution in [-0.2, 0) is 25.5 Å². The zero-order valence-electron chi connectivity index (χ0n) is 38.4. The number of furan rings is 1. The summed E-state index contributed by atoms with van der Waals surface area (Å²) >= 11 is 0. The molecule has 1 radical (unpaired) electrons. The van der Waals surface area contributed by atoms with Crippen molar-refractivity contribution < 1.29 is 37.4 Å². The molecule has 0 saturated carbocycles. The maximum Gasteiger partial charge on any atom is 0.155 e. The van der Waals surface area contributed by atoms with Gasteiger partial charge >= 0.3 is 0 Å². The molecule has 0 spiro atoms. The molecule has 0 atom stereocenters. The Balaban J connectivity index is 0.000000236. The van der Waals surface area contributed by atoms with Crippen molar-refractivity contribution in [2.75, 3.05) is 0 Å². The van der Waals surface area contributed by atoms with Crippen LogP contribution < -0.4 is 0 Å². The van der Waals surface area contributed by atoms with Crippen LogP contribution in [0, 0.1) is 37.5 Å². The van der Waals surface area contributed by atoms with Crippen LogP contribution in [0.5, 0.6) is 0 Å². The normalized spacial score (nSPS) is 12.6. The monoisotopic (exact) mass is 990 g/mol. The molecule has 311 valence electrons. The Morgan fingerprint density at radius 1 is 0.754 bits per heavy atom. The van der Waals surface area contributed by atoms with Crippen molar-refractivity contribution in [2.24, 2.45) is 0 Å². The minimum Gasteiger partial charge on any atom is -0.501 e. The van der Waals surface area contributed by atoms with Gasteiger partial charge in [-0.3, -0.25) is 9.37 Å². The number of pyridine rings is 2. The SMILES string of the molecule is Cc1cnc2c(c1)nc(-c1[c-]ccc3c1oc1cc(-c4ccccc4F)ccc13)n2-c1c(C(C)C)cccc1C(C)C.[2H]C([2H])([2H])c1c[c-]c(-c2ccc(C(C)(C)C)cn2)c(F)c1.[Ir]. The predicted octanol–water partition coefficient (Wildman–Crippen LogP) is 14.4. The van der Waals surface area contributed by atoms with Crippen LogP contribution in [0.3, 0.4) is 0 Å². The summed E-state index contributed by atoms with van der Waals surface area (Å²) in [5, 5.41) is 1.92. The third-order valence-corrected chi connectivity index (χ3v) is 10.8. The topological polar surface area (TPSA) is 56.7 Å². The molecule has 0 saturated heterocycles.